The maximum absolute atomic E-state index is 4.61. The molecule has 0 N–H and O–H groups in total. The number of pyridine rings is 1. The topological polar surface area (TPSA) is 24.3 Å². The van der Waals surface area contributed by atoms with Crippen molar-refractivity contribution in [1.29, 1.82) is 0 Å². The smallest absolute Gasteiger partial charge is 0.0645 e. The Bertz CT molecular complexity index is 3900. The van der Waals surface area contributed by atoms with E-state index in [1.54, 1.807) is 0 Å². The van der Waals surface area contributed by atoms with E-state index in [9.17, 15) is 0 Å². The lowest BCUT2D eigenvalue weighted by molar-refractivity contribution is 1.15. The van der Waals surface area contributed by atoms with Gasteiger partial charge in [0, 0.05) is 76.5 Å². The van der Waals surface area contributed by atoms with E-state index in [4.69, 9.17) is 0 Å². The highest BCUT2D eigenvalue weighted by molar-refractivity contribution is 7.26. The highest BCUT2D eigenvalue weighted by atomic mass is 32.1. The van der Waals surface area contributed by atoms with Crippen molar-refractivity contribution in [2.75, 3.05) is 9.80 Å². The Morgan fingerprint density at radius 3 is 1.76 bits per heavy atom. The van der Waals surface area contributed by atoms with E-state index in [1.165, 1.54) is 63.6 Å². The molecule has 0 spiro atoms. The molecule has 66 heavy (non-hydrogen) atoms. The van der Waals surface area contributed by atoms with Crippen LogP contribution in [-0.4, -0.2) is 9.55 Å². The lowest BCUT2D eigenvalue weighted by Gasteiger charge is -2.31. The molecule has 3 aromatic heterocycles. The van der Waals surface area contributed by atoms with E-state index in [0.29, 0.717) is 0 Å². The molecule has 0 bridgehead atoms. The Hall–Kier alpha value is -8.51. The zero-order valence-electron chi connectivity index (χ0n) is 35.8. The third-order valence-electron chi connectivity index (χ3n) is 13.0. The van der Waals surface area contributed by atoms with E-state index < -0.39 is 0 Å². The third-order valence-corrected chi connectivity index (χ3v) is 14.2. The van der Waals surface area contributed by atoms with Crippen molar-refractivity contribution >= 4 is 109 Å². The van der Waals surface area contributed by atoms with Gasteiger partial charge in [0.25, 0.3) is 0 Å². The Morgan fingerprint density at radius 1 is 0.409 bits per heavy atom. The molecule has 0 saturated carbocycles. The molecule has 0 unspecified atom stereocenters. The van der Waals surface area contributed by atoms with E-state index in [1.807, 2.05) is 29.8 Å². The lowest BCUT2D eigenvalue weighted by atomic mass is 9.96. The fourth-order valence-corrected chi connectivity index (χ4v) is 11.4. The van der Waals surface area contributed by atoms with Gasteiger partial charge >= 0.3 is 0 Å². The predicted octanol–water partition coefficient (Wildman–Crippen LogP) is 17.5. The van der Waals surface area contributed by atoms with Gasteiger partial charge in [-0.1, -0.05) is 140 Å². The molecule has 4 nitrogen and oxygen atoms in total. The summed E-state index contributed by atoms with van der Waals surface area (Å²) in [5.41, 5.74) is 12.2. The summed E-state index contributed by atoms with van der Waals surface area (Å²) >= 11 is 1.87. The number of rotatable bonds is 8. The molecule has 0 amide bonds. The van der Waals surface area contributed by atoms with Crippen molar-refractivity contribution in [3.05, 3.63) is 243 Å². The summed E-state index contributed by atoms with van der Waals surface area (Å²) in [6.45, 7) is 0. The molecule has 0 saturated heterocycles. The summed E-state index contributed by atoms with van der Waals surface area (Å²) in [6.07, 6.45) is 3.83. The van der Waals surface area contributed by atoms with Crippen LogP contribution in [0.2, 0.25) is 0 Å². The Morgan fingerprint density at radius 2 is 1.03 bits per heavy atom. The number of aromatic nitrogens is 2. The van der Waals surface area contributed by atoms with Crippen molar-refractivity contribution in [1.82, 2.24) is 9.55 Å². The number of anilines is 6. The number of benzene rings is 10. The molecule has 0 aliphatic carbocycles. The van der Waals surface area contributed by atoms with Gasteiger partial charge in [-0.15, -0.1) is 11.3 Å². The molecule has 0 aliphatic rings. The predicted molar refractivity (Wildman–Crippen MR) is 281 cm³/mol. The van der Waals surface area contributed by atoms with Gasteiger partial charge in [0.15, 0.2) is 0 Å². The van der Waals surface area contributed by atoms with Crippen LogP contribution in [0.4, 0.5) is 34.1 Å². The molecule has 0 aliphatic heterocycles. The molecule has 0 atom stereocenters. The van der Waals surface area contributed by atoms with Gasteiger partial charge in [0.1, 0.15) is 0 Å². The van der Waals surface area contributed by atoms with Crippen LogP contribution >= 0.6 is 11.3 Å². The van der Waals surface area contributed by atoms with E-state index in [0.717, 1.165) is 50.9 Å². The zero-order valence-corrected chi connectivity index (χ0v) is 36.6. The monoisotopic (exact) mass is 860 g/mol. The Balaban J connectivity index is 1.17. The first-order chi connectivity index (χ1) is 32.8. The van der Waals surface area contributed by atoms with Crippen LogP contribution < -0.4 is 9.80 Å². The summed E-state index contributed by atoms with van der Waals surface area (Å²) in [7, 11) is 0. The summed E-state index contributed by atoms with van der Waals surface area (Å²) in [6, 6.07) is 83.8. The molecule has 3 heterocycles. The van der Waals surface area contributed by atoms with Gasteiger partial charge in [-0.3, -0.25) is 4.98 Å². The molecule has 10 aromatic carbocycles. The van der Waals surface area contributed by atoms with Gasteiger partial charge in [-0.25, -0.2) is 0 Å². The van der Waals surface area contributed by atoms with Crippen LogP contribution in [0.1, 0.15) is 0 Å². The fraction of sp³-hybridized carbons (Fsp3) is 0. The van der Waals surface area contributed by atoms with Crippen LogP contribution in [0.5, 0.6) is 0 Å². The van der Waals surface area contributed by atoms with Crippen molar-refractivity contribution in [3.8, 4) is 16.8 Å². The van der Waals surface area contributed by atoms with Crippen LogP contribution in [0.3, 0.4) is 0 Å². The molecule has 13 rings (SSSR count). The van der Waals surface area contributed by atoms with E-state index in [-0.39, 0.29) is 0 Å². The number of para-hydroxylation sites is 4. The average molecular weight is 861 g/mol. The second-order valence-corrected chi connectivity index (χ2v) is 17.8. The normalized spacial score (nSPS) is 11.6. The Labute approximate surface area is 386 Å². The minimum absolute atomic E-state index is 1.04. The lowest BCUT2D eigenvalue weighted by Crippen LogP contribution is -2.14. The summed E-state index contributed by atoms with van der Waals surface area (Å²) < 4.78 is 4.91. The van der Waals surface area contributed by atoms with Gasteiger partial charge in [-0.2, -0.15) is 0 Å². The summed E-state index contributed by atoms with van der Waals surface area (Å²) in [5.74, 6) is 0. The number of hydrogen-bond donors (Lipinski definition) is 0. The molecular formula is C61H40N4S. The maximum atomic E-state index is 4.61. The SMILES string of the molecule is c1ccc(N(c2ccccc2)c2cc(-c3cc4c5ccccc5n(-c5cccnc5)c4c4c3sc3ccccc34)cc(N(c3ccccc3)c3cccc4c3ccc3ccccc34)c2)cc1. The van der Waals surface area contributed by atoms with Gasteiger partial charge in [0.2, 0.25) is 0 Å². The molecular weight excluding hydrogens is 821 g/mol. The van der Waals surface area contributed by atoms with Gasteiger partial charge in [-0.05, 0) is 113 Å². The molecule has 13 aromatic rings. The summed E-state index contributed by atoms with van der Waals surface area (Å²) in [4.78, 5) is 9.45. The standard InChI is InChI=1S/C61H40N4S/c1-4-19-43(20-5-1)63(44-21-6-2-7-22-44)47-36-42(37-48(38-47)64(45-23-8-3-9-24-45)56-31-16-29-50-49-26-11-10-18-41(49)33-34-52(50)56)54-39-55-51-27-12-14-30-57(51)65(46-25-17-35-62-40-46)60(55)59-53-28-13-15-32-58(53)66-61(54)59/h1-40H. The third kappa shape index (κ3) is 6.16. The zero-order chi connectivity index (χ0) is 43.6. The number of fused-ring (bicyclic) bond motifs is 10. The van der Waals surface area contributed by atoms with Crippen molar-refractivity contribution < 1.29 is 0 Å². The van der Waals surface area contributed by atoms with Gasteiger partial charge in [0.05, 0.1) is 28.6 Å². The molecule has 0 radical (unpaired) electrons. The van der Waals surface area contributed by atoms with Crippen molar-refractivity contribution in [2.24, 2.45) is 0 Å². The largest absolute Gasteiger partial charge is 0.310 e. The average Bonchev–Trinajstić information content (AvgIpc) is 3.94. The minimum Gasteiger partial charge on any atom is -0.310 e. The number of hydrogen-bond acceptors (Lipinski definition) is 4. The highest BCUT2D eigenvalue weighted by Gasteiger charge is 2.25. The van der Waals surface area contributed by atoms with Crippen LogP contribution in [0.15, 0.2) is 243 Å². The van der Waals surface area contributed by atoms with Crippen molar-refractivity contribution in [2.45, 2.75) is 0 Å². The number of thiophene rings is 1. The first-order valence-corrected chi connectivity index (χ1v) is 23.2. The van der Waals surface area contributed by atoms with Crippen LogP contribution in [-0.2, 0) is 0 Å². The second-order valence-electron chi connectivity index (χ2n) is 16.8. The first kappa shape index (κ1) is 38.0. The Kier molecular flexibility index (Phi) is 9.00. The molecule has 5 heteroatoms. The fourth-order valence-electron chi connectivity index (χ4n) is 10.1. The molecule has 310 valence electrons. The second kappa shape index (κ2) is 15.6. The van der Waals surface area contributed by atoms with E-state index >= 15 is 0 Å². The number of nitrogens with zero attached hydrogens (tertiary/aromatic N) is 4. The highest BCUT2D eigenvalue weighted by Crippen LogP contribution is 2.50. The van der Waals surface area contributed by atoms with E-state index in [2.05, 4.69) is 244 Å². The quantitative estimate of drug-likeness (QED) is 0.142. The molecule has 0 fully saturated rings. The van der Waals surface area contributed by atoms with Crippen molar-refractivity contribution in [3.63, 3.8) is 0 Å². The van der Waals surface area contributed by atoms with Crippen LogP contribution in [0.25, 0.3) is 80.3 Å². The minimum atomic E-state index is 1.04. The van der Waals surface area contributed by atoms with Gasteiger partial charge < -0.3 is 14.4 Å². The maximum Gasteiger partial charge on any atom is 0.0645 e. The first-order valence-electron chi connectivity index (χ1n) is 22.4. The van der Waals surface area contributed by atoms with Crippen LogP contribution in [0, 0.1) is 0 Å². The summed E-state index contributed by atoms with van der Waals surface area (Å²) in [5, 5.41) is 9.78.